The zero-order chi connectivity index (χ0) is 14.6. The third kappa shape index (κ3) is 2.46. The summed E-state index contributed by atoms with van der Waals surface area (Å²) in [6.07, 6.45) is 5.07. The second-order valence-corrected chi connectivity index (χ2v) is 7.70. The van der Waals surface area contributed by atoms with Crippen LogP contribution in [0.5, 0.6) is 0 Å². The van der Waals surface area contributed by atoms with Crippen molar-refractivity contribution in [2.75, 3.05) is 19.6 Å². The Kier molecular flexibility index (Phi) is 3.21. The Bertz CT molecular complexity index is 556. The molecule has 1 saturated carbocycles. The molecule has 1 N–H and O–H groups in total. The summed E-state index contributed by atoms with van der Waals surface area (Å²) in [5, 5.41) is 0. The van der Waals surface area contributed by atoms with E-state index in [2.05, 4.69) is 29.8 Å². The molecule has 3 heteroatoms. The van der Waals surface area contributed by atoms with Crippen LogP contribution in [0, 0.1) is 17.8 Å². The van der Waals surface area contributed by atoms with Gasteiger partial charge in [0.25, 0.3) is 0 Å². The molecule has 3 aliphatic rings. The van der Waals surface area contributed by atoms with Gasteiger partial charge in [0, 0.05) is 36.0 Å². The van der Waals surface area contributed by atoms with Crippen molar-refractivity contribution >= 4 is 5.78 Å². The van der Waals surface area contributed by atoms with E-state index in [0.29, 0.717) is 17.6 Å². The van der Waals surface area contributed by atoms with E-state index in [0.717, 1.165) is 24.4 Å². The quantitative estimate of drug-likeness (QED) is 0.926. The number of hydrogen-bond donors (Lipinski definition) is 1. The van der Waals surface area contributed by atoms with E-state index < -0.39 is 0 Å². The van der Waals surface area contributed by atoms with Gasteiger partial charge >= 0.3 is 0 Å². The van der Waals surface area contributed by atoms with Gasteiger partial charge in [0.2, 0.25) is 0 Å². The number of fused-ring (bicyclic) bond motifs is 2. The molecule has 2 atom stereocenters. The average Bonchev–Trinajstić information content (AvgIpc) is 3.15. The summed E-state index contributed by atoms with van der Waals surface area (Å²) in [7, 11) is 0. The van der Waals surface area contributed by atoms with Crippen LogP contribution >= 0.6 is 0 Å². The minimum Gasteiger partial charge on any atom is -0.361 e. The molecule has 0 radical (unpaired) electrons. The molecule has 4 rings (SSSR count). The van der Waals surface area contributed by atoms with E-state index in [4.69, 9.17) is 0 Å². The summed E-state index contributed by atoms with van der Waals surface area (Å²) >= 11 is 0. The van der Waals surface area contributed by atoms with Crippen molar-refractivity contribution in [3.63, 3.8) is 0 Å². The van der Waals surface area contributed by atoms with Crippen LogP contribution in [0.4, 0.5) is 0 Å². The normalized spacial score (nSPS) is 29.6. The van der Waals surface area contributed by atoms with Crippen LogP contribution in [0.25, 0.3) is 0 Å². The summed E-state index contributed by atoms with van der Waals surface area (Å²) < 4.78 is 0. The van der Waals surface area contributed by atoms with E-state index in [1.165, 1.54) is 43.7 Å². The molecule has 1 aliphatic heterocycles. The lowest BCUT2D eigenvalue weighted by atomic mass is 9.73. The number of nitrogens with zero attached hydrogens (tertiary/aromatic N) is 1. The maximum absolute atomic E-state index is 12.9. The number of rotatable bonds is 3. The van der Waals surface area contributed by atoms with Gasteiger partial charge in [-0.3, -0.25) is 4.79 Å². The van der Waals surface area contributed by atoms with Crippen molar-refractivity contribution in [3.05, 3.63) is 23.0 Å². The number of aromatic amines is 1. The number of carbonyl (C=O) groups is 1. The van der Waals surface area contributed by atoms with Gasteiger partial charge in [-0.15, -0.1) is 0 Å². The van der Waals surface area contributed by atoms with Crippen LogP contribution in [0.2, 0.25) is 0 Å². The Morgan fingerprint density at radius 1 is 1.33 bits per heavy atom. The largest absolute Gasteiger partial charge is 0.361 e. The summed E-state index contributed by atoms with van der Waals surface area (Å²) in [5.41, 5.74) is 3.43. The van der Waals surface area contributed by atoms with Gasteiger partial charge in [0.15, 0.2) is 5.78 Å². The smallest absolute Gasteiger partial charge is 0.169 e. The third-order valence-corrected chi connectivity index (χ3v) is 5.66. The highest BCUT2D eigenvalue weighted by atomic mass is 16.1. The van der Waals surface area contributed by atoms with E-state index in [1.807, 2.05) is 0 Å². The van der Waals surface area contributed by atoms with E-state index >= 15 is 0 Å². The van der Waals surface area contributed by atoms with Crippen molar-refractivity contribution in [2.45, 2.75) is 45.4 Å². The maximum Gasteiger partial charge on any atom is 0.169 e. The number of Topliss-reactive ketones (excluding diaryl/α,β-unsaturated/α-hetero) is 1. The molecule has 114 valence electrons. The Morgan fingerprint density at radius 3 is 2.86 bits per heavy atom. The Labute approximate surface area is 127 Å². The molecule has 1 aromatic heterocycles. The second kappa shape index (κ2) is 4.98. The molecule has 0 bridgehead atoms. The van der Waals surface area contributed by atoms with Gasteiger partial charge in [-0.2, -0.15) is 0 Å². The number of H-pyrrole nitrogens is 1. The van der Waals surface area contributed by atoms with Crippen molar-refractivity contribution < 1.29 is 4.79 Å². The molecule has 2 aliphatic carbocycles. The first-order valence-electron chi connectivity index (χ1n) is 8.60. The standard InChI is InChI=1S/C18H26N2O/c1-11(2)16-8-14-17(19-16)7-13-5-6-20(9-12-3-4-12)10-15(13)18(14)21/h8,11-13,15,19H,3-7,9-10H2,1-2H3. The lowest BCUT2D eigenvalue weighted by Gasteiger charge is -2.40. The highest BCUT2D eigenvalue weighted by Crippen LogP contribution is 2.38. The summed E-state index contributed by atoms with van der Waals surface area (Å²) in [6, 6.07) is 2.12. The SMILES string of the molecule is CC(C)c1cc2c([nH]1)CC1CCN(CC3CC3)CC1C2=O. The first kappa shape index (κ1) is 13.6. The fraction of sp³-hybridized carbons (Fsp3) is 0.722. The first-order valence-corrected chi connectivity index (χ1v) is 8.60. The minimum atomic E-state index is 0.251. The van der Waals surface area contributed by atoms with Crippen molar-refractivity contribution in [1.82, 2.24) is 9.88 Å². The van der Waals surface area contributed by atoms with Gasteiger partial charge in [0.05, 0.1) is 0 Å². The molecular weight excluding hydrogens is 260 g/mol. The van der Waals surface area contributed by atoms with Gasteiger partial charge in [-0.1, -0.05) is 13.8 Å². The lowest BCUT2D eigenvalue weighted by Crippen LogP contribution is -2.47. The first-order chi connectivity index (χ1) is 10.1. The highest BCUT2D eigenvalue weighted by molar-refractivity contribution is 6.00. The van der Waals surface area contributed by atoms with Crippen LogP contribution in [-0.2, 0) is 6.42 Å². The predicted molar refractivity (Wildman–Crippen MR) is 83.7 cm³/mol. The lowest BCUT2D eigenvalue weighted by molar-refractivity contribution is 0.0652. The van der Waals surface area contributed by atoms with E-state index in [1.54, 1.807) is 0 Å². The van der Waals surface area contributed by atoms with Crippen LogP contribution in [-0.4, -0.2) is 35.3 Å². The minimum absolute atomic E-state index is 0.251. The number of nitrogens with one attached hydrogen (secondary N) is 1. The molecule has 3 nitrogen and oxygen atoms in total. The molecule has 1 aromatic rings. The van der Waals surface area contributed by atoms with Crippen molar-refractivity contribution in [3.8, 4) is 0 Å². The maximum atomic E-state index is 12.9. The molecule has 0 spiro atoms. The fourth-order valence-electron chi connectivity index (χ4n) is 4.11. The number of likely N-dealkylation sites (tertiary alicyclic amines) is 1. The molecule has 0 aromatic carbocycles. The molecule has 1 saturated heterocycles. The van der Waals surface area contributed by atoms with Crippen molar-refractivity contribution in [1.29, 1.82) is 0 Å². The zero-order valence-electron chi connectivity index (χ0n) is 13.2. The second-order valence-electron chi connectivity index (χ2n) is 7.70. The molecule has 0 amide bonds. The van der Waals surface area contributed by atoms with Crippen LogP contribution in [0.1, 0.15) is 60.8 Å². The fourth-order valence-corrected chi connectivity index (χ4v) is 4.11. The predicted octanol–water partition coefficient (Wildman–Crippen LogP) is 3.23. The van der Waals surface area contributed by atoms with Crippen LogP contribution in [0.15, 0.2) is 6.07 Å². The molecule has 2 unspecified atom stereocenters. The van der Waals surface area contributed by atoms with Gasteiger partial charge in [-0.05, 0) is 56.0 Å². The van der Waals surface area contributed by atoms with E-state index in [-0.39, 0.29) is 5.92 Å². The number of aromatic nitrogens is 1. The van der Waals surface area contributed by atoms with Gasteiger partial charge in [0.1, 0.15) is 0 Å². The summed E-state index contributed by atoms with van der Waals surface area (Å²) in [6.45, 7) is 7.80. The van der Waals surface area contributed by atoms with Crippen LogP contribution in [0.3, 0.4) is 0 Å². The van der Waals surface area contributed by atoms with E-state index in [9.17, 15) is 4.79 Å². The van der Waals surface area contributed by atoms with Crippen molar-refractivity contribution in [2.24, 2.45) is 17.8 Å². The average molecular weight is 286 g/mol. The summed E-state index contributed by atoms with van der Waals surface area (Å²) in [4.78, 5) is 19.0. The molecule has 2 fully saturated rings. The topological polar surface area (TPSA) is 36.1 Å². The van der Waals surface area contributed by atoms with Gasteiger partial charge in [-0.25, -0.2) is 0 Å². The number of ketones is 1. The molecule has 2 heterocycles. The highest BCUT2D eigenvalue weighted by Gasteiger charge is 2.41. The molecule has 21 heavy (non-hydrogen) atoms. The zero-order valence-corrected chi connectivity index (χ0v) is 13.2. The summed E-state index contributed by atoms with van der Waals surface area (Å²) in [5.74, 6) is 2.62. The Morgan fingerprint density at radius 2 is 2.14 bits per heavy atom. The Hall–Kier alpha value is -1.09. The van der Waals surface area contributed by atoms with Gasteiger partial charge < -0.3 is 9.88 Å². The van der Waals surface area contributed by atoms with Crippen LogP contribution < -0.4 is 0 Å². The number of hydrogen-bond acceptors (Lipinski definition) is 2. The third-order valence-electron chi connectivity index (χ3n) is 5.66. The monoisotopic (exact) mass is 286 g/mol. The number of piperidine rings is 1. The Balaban J connectivity index is 1.55. The molecular formula is C18H26N2O. The number of carbonyl (C=O) groups excluding carboxylic acids is 1.